The van der Waals surface area contributed by atoms with Gasteiger partial charge in [0.2, 0.25) is 5.95 Å². The number of nitrogen functional groups attached to an aromatic ring is 2. The van der Waals surface area contributed by atoms with E-state index in [-0.39, 0.29) is 5.95 Å². The lowest BCUT2D eigenvalue weighted by atomic mass is 10.5. The maximum absolute atomic E-state index is 5.35. The summed E-state index contributed by atoms with van der Waals surface area (Å²) in [6, 6.07) is 1.65. The minimum absolute atomic E-state index is 0.185. The van der Waals surface area contributed by atoms with Crippen molar-refractivity contribution in [2.45, 2.75) is 0 Å². The molecule has 11 heavy (non-hydrogen) atoms. The highest BCUT2D eigenvalue weighted by molar-refractivity contribution is 5.49. The van der Waals surface area contributed by atoms with Crippen molar-refractivity contribution in [1.82, 2.24) is 9.97 Å². The summed E-state index contributed by atoms with van der Waals surface area (Å²) in [5.74, 6) is 6.42. The third-order valence-corrected chi connectivity index (χ3v) is 1.15. The van der Waals surface area contributed by atoms with E-state index in [1.54, 1.807) is 13.1 Å². The van der Waals surface area contributed by atoms with Crippen molar-refractivity contribution in [2.75, 3.05) is 23.5 Å². The first-order valence-corrected chi connectivity index (χ1v) is 3.05. The Labute approximate surface area is 64.0 Å². The van der Waals surface area contributed by atoms with Gasteiger partial charge in [-0.3, -0.25) is 0 Å². The Morgan fingerprint density at radius 1 is 1.36 bits per heavy atom. The molecule has 0 aromatic carbocycles. The zero-order valence-corrected chi connectivity index (χ0v) is 6.13. The summed E-state index contributed by atoms with van der Waals surface area (Å²) in [5.41, 5.74) is 7.72. The molecule has 6 nitrogen and oxygen atoms in total. The minimum atomic E-state index is 0.185. The molecule has 0 spiro atoms. The molecule has 6 heteroatoms. The molecule has 0 atom stereocenters. The zero-order valence-electron chi connectivity index (χ0n) is 6.13. The Bertz CT molecular complexity index is 224. The predicted octanol–water partition coefficient (Wildman–Crippen LogP) is -0.614. The van der Waals surface area contributed by atoms with E-state index in [0.29, 0.717) is 11.6 Å². The van der Waals surface area contributed by atoms with E-state index in [1.165, 1.54) is 0 Å². The number of hydrogen-bond donors (Lipinski definition) is 4. The first kappa shape index (κ1) is 7.55. The highest BCUT2D eigenvalue weighted by Gasteiger charge is 1.97. The molecule has 0 saturated carbocycles. The SMILES string of the molecule is CNc1cc(NN)nc(N)n1. The van der Waals surface area contributed by atoms with Gasteiger partial charge in [0.15, 0.2) is 0 Å². The summed E-state index contributed by atoms with van der Waals surface area (Å²) in [4.78, 5) is 7.65. The van der Waals surface area contributed by atoms with Gasteiger partial charge in [0.1, 0.15) is 11.6 Å². The second kappa shape index (κ2) is 3.02. The van der Waals surface area contributed by atoms with Crippen LogP contribution in [-0.2, 0) is 0 Å². The molecule has 0 aliphatic carbocycles. The van der Waals surface area contributed by atoms with Gasteiger partial charge in [-0.05, 0) is 0 Å². The molecule has 1 heterocycles. The van der Waals surface area contributed by atoms with E-state index in [9.17, 15) is 0 Å². The molecular formula is C5H10N6. The molecule has 1 aromatic heterocycles. The molecule has 0 aliphatic heterocycles. The van der Waals surface area contributed by atoms with Gasteiger partial charge in [-0.15, -0.1) is 0 Å². The Kier molecular flexibility index (Phi) is 2.07. The number of nitrogens with two attached hydrogens (primary N) is 2. The topological polar surface area (TPSA) is 102 Å². The molecule has 0 saturated heterocycles. The Balaban J connectivity index is 3.02. The van der Waals surface area contributed by atoms with Crippen LogP contribution in [0.1, 0.15) is 0 Å². The van der Waals surface area contributed by atoms with Crippen LogP contribution in [-0.4, -0.2) is 17.0 Å². The summed E-state index contributed by atoms with van der Waals surface area (Å²) >= 11 is 0. The summed E-state index contributed by atoms with van der Waals surface area (Å²) < 4.78 is 0. The van der Waals surface area contributed by atoms with E-state index >= 15 is 0 Å². The molecule has 1 aromatic rings. The number of hydrogen-bond acceptors (Lipinski definition) is 6. The predicted molar refractivity (Wildman–Crippen MR) is 43.8 cm³/mol. The zero-order chi connectivity index (χ0) is 8.27. The van der Waals surface area contributed by atoms with Crippen LogP contribution in [0.25, 0.3) is 0 Å². The minimum Gasteiger partial charge on any atom is -0.373 e. The summed E-state index contributed by atoms with van der Waals surface area (Å²) in [6.45, 7) is 0. The fourth-order valence-corrected chi connectivity index (χ4v) is 0.668. The van der Waals surface area contributed by atoms with Crippen molar-refractivity contribution in [1.29, 1.82) is 0 Å². The van der Waals surface area contributed by atoms with Gasteiger partial charge < -0.3 is 16.5 Å². The molecule has 0 amide bonds. The first-order valence-electron chi connectivity index (χ1n) is 3.05. The number of anilines is 3. The fourth-order valence-electron chi connectivity index (χ4n) is 0.668. The van der Waals surface area contributed by atoms with Gasteiger partial charge in [0, 0.05) is 13.1 Å². The molecule has 60 valence electrons. The number of rotatable bonds is 2. The van der Waals surface area contributed by atoms with Gasteiger partial charge in [-0.2, -0.15) is 9.97 Å². The van der Waals surface area contributed by atoms with Crippen LogP contribution >= 0.6 is 0 Å². The van der Waals surface area contributed by atoms with Crippen LogP contribution in [0.4, 0.5) is 17.6 Å². The van der Waals surface area contributed by atoms with Gasteiger partial charge in [-0.1, -0.05) is 0 Å². The molecule has 0 bridgehead atoms. The lowest BCUT2D eigenvalue weighted by Gasteiger charge is -2.02. The van der Waals surface area contributed by atoms with Gasteiger partial charge in [0.05, 0.1) is 0 Å². The van der Waals surface area contributed by atoms with E-state index in [1.807, 2.05) is 0 Å². The van der Waals surface area contributed by atoms with Crippen molar-refractivity contribution in [3.63, 3.8) is 0 Å². The maximum atomic E-state index is 5.35. The van der Waals surface area contributed by atoms with Crippen LogP contribution in [0.2, 0.25) is 0 Å². The van der Waals surface area contributed by atoms with Crippen molar-refractivity contribution in [3.05, 3.63) is 6.07 Å². The maximum Gasteiger partial charge on any atom is 0.223 e. The van der Waals surface area contributed by atoms with Crippen LogP contribution in [0.5, 0.6) is 0 Å². The molecule has 1 rings (SSSR count). The fraction of sp³-hybridized carbons (Fsp3) is 0.200. The Morgan fingerprint density at radius 2 is 2.00 bits per heavy atom. The van der Waals surface area contributed by atoms with Crippen LogP contribution < -0.4 is 22.3 Å². The van der Waals surface area contributed by atoms with Crippen molar-refractivity contribution >= 4 is 17.6 Å². The number of nitrogens with one attached hydrogen (secondary N) is 2. The van der Waals surface area contributed by atoms with Gasteiger partial charge in [-0.25, -0.2) is 5.84 Å². The monoisotopic (exact) mass is 154 g/mol. The van der Waals surface area contributed by atoms with Gasteiger partial charge in [0.25, 0.3) is 0 Å². The first-order chi connectivity index (χ1) is 5.26. The number of aromatic nitrogens is 2. The van der Waals surface area contributed by atoms with E-state index in [0.717, 1.165) is 0 Å². The Hall–Kier alpha value is -1.56. The lowest BCUT2D eigenvalue weighted by Crippen LogP contribution is -2.11. The standard InChI is InChI=1S/C5H10N6/c1-8-3-2-4(11-7)10-5(6)9-3/h2H,7H2,1H3,(H4,6,8,9,10,11). The van der Waals surface area contributed by atoms with Crippen LogP contribution in [0, 0.1) is 0 Å². The van der Waals surface area contributed by atoms with Gasteiger partial charge >= 0.3 is 0 Å². The molecular weight excluding hydrogens is 144 g/mol. The summed E-state index contributed by atoms with van der Waals surface area (Å²) in [6.07, 6.45) is 0. The third-order valence-electron chi connectivity index (χ3n) is 1.15. The average Bonchev–Trinajstić information content (AvgIpc) is 2.03. The highest BCUT2D eigenvalue weighted by atomic mass is 15.3. The van der Waals surface area contributed by atoms with Crippen molar-refractivity contribution < 1.29 is 0 Å². The molecule has 0 fully saturated rings. The summed E-state index contributed by atoms with van der Waals surface area (Å²) in [5, 5.41) is 2.82. The van der Waals surface area contributed by atoms with Crippen molar-refractivity contribution in [3.8, 4) is 0 Å². The highest BCUT2D eigenvalue weighted by Crippen LogP contribution is 2.09. The lowest BCUT2D eigenvalue weighted by molar-refractivity contribution is 1.15. The average molecular weight is 154 g/mol. The molecule has 0 aliphatic rings. The smallest absolute Gasteiger partial charge is 0.223 e. The Morgan fingerprint density at radius 3 is 2.55 bits per heavy atom. The van der Waals surface area contributed by atoms with Crippen LogP contribution in [0.15, 0.2) is 6.07 Å². The second-order valence-electron chi connectivity index (χ2n) is 1.89. The molecule has 0 radical (unpaired) electrons. The summed E-state index contributed by atoms with van der Waals surface area (Å²) in [7, 11) is 1.74. The molecule has 0 unspecified atom stereocenters. The third kappa shape index (κ3) is 1.68. The van der Waals surface area contributed by atoms with E-state index in [2.05, 4.69) is 20.7 Å². The van der Waals surface area contributed by atoms with E-state index < -0.39 is 0 Å². The molecule has 6 N–H and O–H groups in total. The largest absolute Gasteiger partial charge is 0.373 e. The second-order valence-corrected chi connectivity index (χ2v) is 1.89. The van der Waals surface area contributed by atoms with Crippen LogP contribution in [0.3, 0.4) is 0 Å². The number of hydrazine groups is 1. The quantitative estimate of drug-likeness (QED) is 0.334. The number of nitrogens with zero attached hydrogens (tertiary/aromatic N) is 2. The van der Waals surface area contributed by atoms with E-state index in [4.69, 9.17) is 11.6 Å². The normalized spacial score (nSPS) is 9.27. The van der Waals surface area contributed by atoms with Crippen molar-refractivity contribution in [2.24, 2.45) is 5.84 Å².